The lowest BCUT2D eigenvalue weighted by molar-refractivity contribution is -0.388. The molecular weight excluding hydrogens is 379 g/mol. The molecule has 0 atom stereocenters. The molecule has 10 heteroatoms. The molecule has 3 rings (SSSR count). The molecule has 1 fully saturated rings. The molecule has 0 unspecified atom stereocenters. The third kappa shape index (κ3) is 4.00. The van der Waals surface area contributed by atoms with Crippen LogP contribution in [0.1, 0.15) is 5.56 Å². The molecule has 1 aliphatic rings. The lowest BCUT2D eigenvalue weighted by Gasteiger charge is -2.35. The van der Waals surface area contributed by atoms with Gasteiger partial charge in [-0.1, -0.05) is 30.3 Å². The van der Waals surface area contributed by atoms with Gasteiger partial charge in [0.15, 0.2) is 11.6 Å². The minimum absolute atomic E-state index is 0.0194. The summed E-state index contributed by atoms with van der Waals surface area (Å²) in [5, 5.41) is 10.7. The van der Waals surface area contributed by atoms with Gasteiger partial charge in [-0.05, 0) is 5.56 Å². The van der Waals surface area contributed by atoms with Crippen LogP contribution in [-0.4, -0.2) is 42.1 Å². The number of halogens is 3. The fraction of sp³-hybridized carbons (Fsp3) is 0.278. The standard InChI is InChI=1S/C18H16F3N3O4/c19-13-10-14(24(26)27)15(20)16(21)17(13)22-6-8-23(9-7-22)18(25)28-11-12-4-2-1-3-5-12/h1-5,10H,6-9,11H2. The van der Waals surface area contributed by atoms with Gasteiger partial charge in [0, 0.05) is 26.2 Å². The van der Waals surface area contributed by atoms with E-state index in [4.69, 9.17) is 4.74 Å². The van der Waals surface area contributed by atoms with Crippen molar-refractivity contribution in [2.45, 2.75) is 6.61 Å². The van der Waals surface area contributed by atoms with E-state index in [0.29, 0.717) is 6.07 Å². The molecule has 1 amide bonds. The van der Waals surface area contributed by atoms with Crippen molar-refractivity contribution in [3.8, 4) is 0 Å². The van der Waals surface area contributed by atoms with Crippen LogP contribution in [-0.2, 0) is 11.3 Å². The summed E-state index contributed by atoms with van der Waals surface area (Å²) >= 11 is 0. The number of carbonyl (C=O) groups excluding carboxylic acids is 1. The topological polar surface area (TPSA) is 75.9 Å². The number of carbonyl (C=O) groups is 1. The highest BCUT2D eigenvalue weighted by Crippen LogP contribution is 2.32. The van der Waals surface area contributed by atoms with Crippen LogP contribution in [0, 0.1) is 27.6 Å². The predicted octanol–water partition coefficient (Wildman–Crippen LogP) is 3.47. The van der Waals surface area contributed by atoms with Crippen molar-refractivity contribution < 1.29 is 27.6 Å². The van der Waals surface area contributed by atoms with Crippen LogP contribution >= 0.6 is 0 Å². The minimum Gasteiger partial charge on any atom is -0.445 e. The minimum atomic E-state index is -1.72. The molecule has 0 bridgehead atoms. The average Bonchev–Trinajstić information content (AvgIpc) is 2.70. The Morgan fingerprint density at radius 2 is 1.71 bits per heavy atom. The highest BCUT2D eigenvalue weighted by atomic mass is 19.2. The Morgan fingerprint density at radius 3 is 2.32 bits per heavy atom. The second kappa shape index (κ2) is 8.15. The summed E-state index contributed by atoms with van der Waals surface area (Å²) in [7, 11) is 0. The molecular formula is C18H16F3N3O4. The van der Waals surface area contributed by atoms with Gasteiger partial charge < -0.3 is 14.5 Å². The summed E-state index contributed by atoms with van der Waals surface area (Å²) < 4.78 is 47.3. The maximum Gasteiger partial charge on any atom is 0.410 e. The molecule has 28 heavy (non-hydrogen) atoms. The molecule has 0 spiro atoms. The summed E-state index contributed by atoms with van der Waals surface area (Å²) in [5.74, 6) is -4.57. The van der Waals surface area contributed by atoms with Gasteiger partial charge in [-0.2, -0.15) is 4.39 Å². The highest BCUT2D eigenvalue weighted by molar-refractivity contribution is 5.68. The van der Waals surface area contributed by atoms with Gasteiger partial charge in [-0.3, -0.25) is 10.1 Å². The third-order valence-electron chi connectivity index (χ3n) is 4.37. The molecule has 0 aromatic heterocycles. The Morgan fingerprint density at radius 1 is 1.07 bits per heavy atom. The van der Waals surface area contributed by atoms with E-state index < -0.39 is 39.8 Å². The van der Waals surface area contributed by atoms with Crippen molar-refractivity contribution in [3.05, 3.63) is 69.5 Å². The number of nitro groups is 1. The number of amides is 1. The summed E-state index contributed by atoms with van der Waals surface area (Å²) in [6.45, 7) is 0.337. The maximum atomic E-state index is 14.2. The summed E-state index contributed by atoms with van der Waals surface area (Å²) in [5.41, 5.74) is -1.12. The van der Waals surface area contributed by atoms with Gasteiger partial charge in [0.05, 0.1) is 11.0 Å². The zero-order chi connectivity index (χ0) is 20.3. The van der Waals surface area contributed by atoms with E-state index in [-0.39, 0.29) is 32.8 Å². The SMILES string of the molecule is O=C(OCc1ccccc1)N1CCN(c2c(F)cc([N+](=O)[O-])c(F)c2F)CC1. The number of hydrogen-bond acceptors (Lipinski definition) is 5. The molecule has 2 aromatic carbocycles. The van der Waals surface area contributed by atoms with E-state index >= 15 is 0 Å². The van der Waals surface area contributed by atoms with E-state index in [1.807, 2.05) is 18.2 Å². The smallest absolute Gasteiger partial charge is 0.410 e. The van der Waals surface area contributed by atoms with Gasteiger partial charge in [-0.15, -0.1) is 0 Å². The second-order valence-electron chi connectivity index (χ2n) is 6.13. The molecule has 0 saturated carbocycles. The van der Waals surface area contributed by atoms with E-state index in [1.54, 1.807) is 12.1 Å². The first kappa shape index (κ1) is 19.5. The second-order valence-corrected chi connectivity index (χ2v) is 6.13. The first-order chi connectivity index (χ1) is 13.4. The predicted molar refractivity (Wildman–Crippen MR) is 93.4 cm³/mol. The molecule has 7 nitrogen and oxygen atoms in total. The largest absolute Gasteiger partial charge is 0.445 e. The van der Waals surface area contributed by atoms with E-state index in [2.05, 4.69) is 0 Å². The van der Waals surface area contributed by atoms with Crippen LogP contribution in [0.4, 0.5) is 29.3 Å². The van der Waals surface area contributed by atoms with Crippen LogP contribution < -0.4 is 4.90 Å². The molecule has 148 valence electrons. The lowest BCUT2D eigenvalue weighted by atomic mass is 10.2. The number of nitrogens with zero attached hydrogens (tertiary/aromatic N) is 3. The third-order valence-corrected chi connectivity index (χ3v) is 4.37. The molecule has 0 N–H and O–H groups in total. The molecule has 0 aliphatic carbocycles. The Hall–Kier alpha value is -3.30. The van der Waals surface area contributed by atoms with Gasteiger partial charge in [0.2, 0.25) is 5.82 Å². The number of ether oxygens (including phenoxy) is 1. The Labute approximate surface area is 158 Å². The highest BCUT2D eigenvalue weighted by Gasteiger charge is 2.31. The number of rotatable bonds is 4. The Bertz CT molecular complexity index is 887. The summed E-state index contributed by atoms with van der Waals surface area (Å²) in [4.78, 5) is 24.2. The van der Waals surface area contributed by atoms with E-state index in [9.17, 15) is 28.1 Å². The Balaban J connectivity index is 1.63. The van der Waals surface area contributed by atoms with Gasteiger partial charge in [-0.25, -0.2) is 13.6 Å². The van der Waals surface area contributed by atoms with Crippen LogP contribution in [0.25, 0.3) is 0 Å². The number of anilines is 1. The molecule has 0 radical (unpaired) electrons. The van der Waals surface area contributed by atoms with Crippen molar-refractivity contribution in [1.29, 1.82) is 0 Å². The molecule has 1 saturated heterocycles. The van der Waals surface area contributed by atoms with Crippen LogP contribution in [0.3, 0.4) is 0 Å². The number of piperazine rings is 1. The fourth-order valence-corrected chi connectivity index (χ4v) is 2.92. The summed E-state index contributed by atoms with van der Waals surface area (Å²) in [6, 6.07) is 9.43. The van der Waals surface area contributed by atoms with Gasteiger partial charge in [0.1, 0.15) is 12.3 Å². The fourth-order valence-electron chi connectivity index (χ4n) is 2.92. The number of nitro benzene ring substituents is 1. The number of benzene rings is 2. The zero-order valence-electron chi connectivity index (χ0n) is 14.6. The average molecular weight is 395 g/mol. The van der Waals surface area contributed by atoms with E-state index in [0.717, 1.165) is 5.56 Å². The monoisotopic (exact) mass is 395 g/mol. The van der Waals surface area contributed by atoms with Crippen molar-refractivity contribution in [2.75, 3.05) is 31.1 Å². The van der Waals surface area contributed by atoms with Crippen molar-refractivity contribution >= 4 is 17.5 Å². The van der Waals surface area contributed by atoms with Gasteiger partial charge >= 0.3 is 11.8 Å². The van der Waals surface area contributed by atoms with Crippen molar-refractivity contribution in [2.24, 2.45) is 0 Å². The van der Waals surface area contributed by atoms with Crippen molar-refractivity contribution in [1.82, 2.24) is 4.90 Å². The maximum absolute atomic E-state index is 14.2. The Kier molecular flexibility index (Phi) is 5.67. The normalized spacial score (nSPS) is 14.1. The quantitative estimate of drug-likeness (QED) is 0.450. The zero-order valence-corrected chi connectivity index (χ0v) is 14.6. The van der Waals surface area contributed by atoms with Crippen molar-refractivity contribution in [3.63, 3.8) is 0 Å². The van der Waals surface area contributed by atoms with E-state index in [1.165, 1.54) is 9.80 Å². The molecule has 2 aromatic rings. The first-order valence-corrected chi connectivity index (χ1v) is 8.41. The molecule has 1 heterocycles. The van der Waals surface area contributed by atoms with Crippen LogP contribution in [0.2, 0.25) is 0 Å². The summed E-state index contributed by atoms with van der Waals surface area (Å²) in [6.07, 6.45) is -0.570. The first-order valence-electron chi connectivity index (χ1n) is 8.41. The van der Waals surface area contributed by atoms with Crippen LogP contribution in [0.15, 0.2) is 36.4 Å². The lowest BCUT2D eigenvalue weighted by Crippen LogP contribution is -2.49. The van der Waals surface area contributed by atoms with Crippen LogP contribution in [0.5, 0.6) is 0 Å². The number of hydrogen-bond donors (Lipinski definition) is 0. The molecule has 1 aliphatic heterocycles. The van der Waals surface area contributed by atoms with Gasteiger partial charge in [0.25, 0.3) is 0 Å².